The van der Waals surface area contributed by atoms with Gasteiger partial charge < -0.3 is 9.67 Å². The molecule has 0 spiro atoms. The third-order valence-electron chi connectivity index (χ3n) is 2.32. The number of carboxylic acid groups (broad SMARTS) is 1. The first-order valence-electron chi connectivity index (χ1n) is 5.29. The van der Waals surface area contributed by atoms with Gasteiger partial charge in [-0.15, -0.1) is 11.3 Å². The van der Waals surface area contributed by atoms with E-state index in [1.165, 1.54) is 23.5 Å². The summed E-state index contributed by atoms with van der Waals surface area (Å²) < 4.78 is 1.61. The van der Waals surface area contributed by atoms with Crippen LogP contribution in [0.5, 0.6) is 0 Å². The van der Waals surface area contributed by atoms with Crippen molar-refractivity contribution in [1.82, 2.24) is 4.57 Å². The second-order valence-corrected chi connectivity index (χ2v) is 4.68. The highest BCUT2D eigenvalue weighted by atomic mass is 32.1. The van der Waals surface area contributed by atoms with Gasteiger partial charge in [-0.3, -0.25) is 4.79 Å². The molecule has 0 saturated heterocycles. The molecule has 18 heavy (non-hydrogen) atoms. The van der Waals surface area contributed by atoms with E-state index >= 15 is 0 Å². The van der Waals surface area contributed by atoms with Gasteiger partial charge in [0.15, 0.2) is 0 Å². The Morgan fingerprint density at radius 2 is 2.28 bits per heavy atom. The van der Waals surface area contributed by atoms with E-state index in [2.05, 4.69) is 0 Å². The zero-order valence-corrected chi connectivity index (χ0v) is 10.3. The van der Waals surface area contributed by atoms with Crippen molar-refractivity contribution in [2.75, 3.05) is 0 Å². The largest absolute Gasteiger partial charge is 0.478 e. The fourth-order valence-electron chi connectivity index (χ4n) is 1.49. The molecule has 2 aromatic heterocycles. The molecule has 0 amide bonds. The number of thiophene rings is 1. The lowest BCUT2D eigenvalue weighted by Gasteiger charge is -2.01. The Morgan fingerprint density at radius 1 is 1.44 bits per heavy atom. The van der Waals surface area contributed by atoms with Gasteiger partial charge >= 0.3 is 5.97 Å². The molecule has 92 valence electrons. The maximum atomic E-state index is 11.5. The van der Waals surface area contributed by atoms with Gasteiger partial charge in [0, 0.05) is 23.2 Å². The molecule has 0 radical (unpaired) electrons. The molecule has 2 aromatic rings. The van der Waals surface area contributed by atoms with E-state index in [0.717, 1.165) is 16.5 Å². The summed E-state index contributed by atoms with van der Waals surface area (Å²) in [5.41, 5.74) is 0.787. The first-order chi connectivity index (χ1) is 8.65. The predicted octanol–water partition coefficient (Wildman–Crippen LogP) is 2.06. The van der Waals surface area contributed by atoms with E-state index < -0.39 is 5.97 Å². The minimum Gasteiger partial charge on any atom is -0.478 e. The van der Waals surface area contributed by atoms with E-state index in [9.17, 15) is 9.59 Å². The monoisotopic (exact) mass is 261 g/mol. The molecule has 1 N–H and O–H groups in total. The third-order valence-corrected chi connectivity index (χ3v) is 3.26. The fraction of sp³-hybridized carbons (Fsp3) is 0.0769. The highest BCUT2D eigenvalue weighted by Gasteiger charge is 2.00. The number of hydrogen-bond donors (Lipinski definition) is 1. The number of pyridine rings is 1. The van der Waals surface area contributed by atoms with Gasteiger partial charge in [-0.25, -0.2) is 4.79 Å². The second-order valence-electron chi connectivity index (χ2n) is 3.68. The van der Waals surface area contributed by atoms with Crippen LogP contribution in [0, 0.1) is 0 Å². The molecular formula is C13H11NO3S. The zero-order chi connectivity index (χ0) is 13.0. The highest BCUT2D eigenvalue weighted by molar-refractivity contribution is 7.10. The van der Waals surface area contributed by atoms with Crippen LogP contribution in [0.3, 0.4) is 0 Å². The van der Waals surface area contributed by atoms with Gasteiger partial charge in [-0.1, -0.05) is 6.07 Å². The lowest BCUT2D eigenvalue weighted by atomic mass is 10.3. The molecule has 0 bridgehead atoms. The van der Waals surface area contributed by atoms with Crippen LogP contribution in [-0.4, -0.2) is 15.6 Å². The molecule has 0 aliphatic rings. The Balaban J connectivity index is 2.14. The molecule has 0 aromatic carbocycles. The third kappa shape index (κ3) is 3.18. The molecule has 0 unspecified atom stereocenters. The van der Waals surface area contributed by atoms with Crippen molar-refractivity contribution in [2.24, 2.45) is 0 Å². The Morgan fingerprint density at radius 3 is 3.00 bits per heavy atom. The summed E-state index contributed by atoms with van der Waals surface area (Å²) in [7, 11) is 0. The van der Waals surface area contributed by atoms with Crippen LogP contribution < -0.4 is 5.56 Å². The van der Waals surface area contributed by atoms with Crippen LogP contribution in [0.2, 0.25) is 0 Å². The fourth-order valence-corrected chi connectivity index (χ4v) is 2.35. The average Bonchev–Trinajstić information content (AvgIpc) is 2.77. The summed E-state index contributed by atoms with van der Waals surface area (Å²) in [5.74, 6) is -0.970. The number of carbonyl (C=O) groups is 1. The topological polar surface area (TPSA) is 59.3 Å². The second kappa shape index (κ2) is 5.46. The summed E-state index contributed by atoms with van der Waals surface area (Å²) in [4.78, 5) is 22.9. The van der Waals surface area contributed by atoms with Gasteiger partial charge in [-0.2, -0.15) is 0 Å². The number of carboxylic acids is 1. The van der Waals surface area contributed by atoms with Crippen LogP contribution in [0.4, 0.5) is 0 Å². The van der Waals surface area contributed by atoms with Gasteiger partial charge in [0.1, 0.15) is 0 Å². The summed E-state index contributed by atoms with van der Waals surface area (Å²) in [6.45, 7) is 0.505. The predicted molar refractivity (Wildman–Crippen MR) is 70.8 cm³/mol. The smallest absolute Gasteiger partial charge is 0.328 e. The Hall–Kier alpha value is -2.14. The highest BCUT2D eigenvalue weighted by Crippen LogP contribution is 2.16. The molecular weight excluding hydrogens is 250 g/mol. The standard InChI is InChI=1S/C13H11NO3S/c15-12-3-1-2-6-14(12)8-11-7-10(9-18-11)4-5-13(16)17/h1-7,9H,8H2,(H,16,17). The van der Waals surface area contributed by atoms with Gasteiger partial charge in [0.25, 0.3) is 5.56 Å². The van der Waals surface area contributed by atoms with Crippen LogP contribution in [0.25, 0.3) is 6.08 Å². The Bertz CT molecular complexity index is 639. The van der Waals surface area contributed by atoms with Crippen LogP contribution in [-0.2, 0) is 11.3 Å². The van der Waals surface area contributed by atoms with E-state index in [0.29, 0.717) is 6.54 Å². The first kappa shape index (κ1) is 12.3. The van der Waals surface area contributed by atoms with E-state index in [-0.39, 0.29) is 5.56 Å². The number of aromatic nitrogens is 1. The molecule has 2 heterocycles. The molecule has 0 fully saturated rings. The molecule has 5 heteroatoms. The lowest BCUT2D eigenvalue weighted by molar-refractivity contribution is -0.131. The molecule has 4 nitrogen and oxygen atoms in total. The van der Waals surface area contributed by atoms with Crippen LogP contribution >= 0.6 is 11.3 Å². The van der Waals surface area contributed by atoms with Gasteiger partial charge in [0.05, 0.1) is 6.54 Å². The first-order valence-corrected chi connectivity index (χ1v) is 6.17. The summed E-state index contributed by atoms with van der Waals surface area (Å²) in [5, 5.41) is 10.4. The molecule has 0 atom stereocenters. The van der Waals surface area contributed by atoms with Crippen molar-refractivity contribution in [3.05, 3.63) is 62.7 Å². The van der Waals surface area contributed by atoms with Gasteiger partial charge in [0.2, 0.25) is 0 Å². The Labute approximate surface area is 107 Å². The quantitative estimate of drug-likeness (QED) is 0.857. The number of nitrogens with zero attached hydrogens (tertiary/aromatic N) is 1. The normalized spacial score (nSPS) is 10.9. The summed E-state index contributed by atoms with van der Waals surface area (Å²) >= 11 is 1.50. The summed E-state index contributed by atoms with van der Waals surface area (Å²) in [6, 6.07) is 6.90. The van der Waals surface area contributed by atoms with Crippen LogP contribution in [0.1, 0.15) is 10.4 Å². The minimum absolute atomic E-state index is 0.0477. The van der Waals surface area contributed by atoms with Crippen LogP contribution in [0.15, 0.2) is 46.7 Å². The molecule has 0 aliphatic carbocycles. The Kier molecular flexibility index (Phi) is 3.74. The minimum atomic E-state index is -0.970. The SMILES string of the molecule is O=C(O)C=Cc1csc(Cn2ccccc2=O)c1. The van der Waals surface area contributed by atoms with Crippen molar-refractivity contribution >= 4 is 23.4 Å². The van der Waals surface area contributed by atoms with E-state index in [4.69, 9.17) is 5.11 Å². The maximum Gasteiger partial charge on any atom is 0.328 e. The maximum absolute atomic E-state index is 11.5. The van der Waals surface area contributed by atoms with E-state index in [1.54, 1.807) is 22.9 Å². The van der Waals surface area contributed by atoms with Crippen molar-refractivity contribution in [1.29, 1.82) is 0 Å². The average molecular weight is 261 g/mol. The van der Waals surface area contributed by atoms with Crippen molar-refractivity contribution in [3.8, 4) is 0 Å². The number of aliphatic carboxylic acids is 1. The van der Waals surface area contributed by atoms with E-state index in [1.807, 2.05) is 11.4 Å². The molecule has 0 aliphatic heterocycles. The van der Waals surface area contributed by atoms with Crippen molar-refractivity contribution < 1.29 is 9.90 Å². The van der Waals surface area contributed by atoms with Crippen molar-refractivity contribution in [2.45, 2.75) is 6.54 Å². The van der Waals surface area contributed by atoms with Crippen molar-refractivity contribution in [3.63, 3.8) is 0 Å². The number of rotatable bonds is 4. The summed E-state index contributed by atoms with van der Waals surface area (Å²) in [6.07, 6.45) is 4.37. The molecule has 2 rings (SSSR count). The zero-order valence-electron chi connectivity index (χ0n) is 9.45. The molecule has 0 saturated carbocycles. The van der Waals surface area contributed by atoms with Gasteiger partial charge in [-0.05, 0) is 29.2 Å². The lowest BCUT2D eigenvalue weighted by Crippen LogP contribution is -2.17. The number of hydrogen-bond acceptors (Lipinski definition) is 3.